The standard InChI is InChI=1S/C18H18ClNO/c19-15-9-12-5-6-16-18(14(12)10-17(15)21)13-4-2-1-3-11(13)7-8-20-16/h1-4,9-10,16,18,20-21H,5-8H2. The molecule has 0 bridgehead atoms. The van der Waals surface area contributed by atoms with Crippen LogP contribution in [0, 0.1) is 0 Å². The van der Waals surface area contributed by atoms with Crippen LogP contribution in [0.25, 0.3) is 0 Å². The van der Waals surface area contributed by atoms with Crippen molar-refractivity contribution < 1.29 is 5.11 Å². The topological polar surface area (TPSA) is 32.3 Å². The first kappa shape index (κ1) is 13.2. The van der Waals surface area contributed by atoms with Crippen molar-refractivity contribution in [2.45, 2.75) is 31.2 Å². The first-order valence-electron chi connectivity index (χ1n) is 7.56. The summed E-state index contributed by atoms with van der Waals surface area (Å²) in [6, 6.07) is 13.0. The van der Waals surface area contributed by atoms with Crippen LogP contribution in [0.1, 0.15) is 34.6 Å². The molecule has 0 fully saturated rings. The van der Waals surface area contributed by atoms with E-state index in [1.165, 1.54) is 22.3 Å². The Morgan fingerprint density at radius 3 is 2.81 bits per heavy atom. The molecule has 0 saturated heterocycles. The van der Waals surface area contributed by atoms with Crippen molar-refractivity contribution in [3.63, 3.8) is 0 Å². The van der Waals surface area contributed by atoms with Crippen LogP contribution in [0.3, 0.4) is 0 Å². The summed E-state index contributed by atoms with van der Waals surface area (Å²) in [7, 11) is 0. The van der Waals surface area contributed by atoms with Gasteiger partial charge in [0.05, 0.1) is 5.02 Å². The second-order valence-corrected chi connectivity index (χ2v) is 6.44. The van der Waals surface area contributed by atoms with Gasteiger partial charge in [0.2, 0.25) is 0 Å². The molecule has 2 nitrogen and oxygen atoms in total. The Balaban J connectivity index is 1.92. The van der Waals surface area contributed by atoms with Crippen LogP contribution in [0.4, 0.5) is 0 Å². The van der Waals surface area contributed by atoms with E-state index in [1.54, 1.807) is 0 Å². The Morgan fingerprint density at radius 2 is 1.90 bits per heavy atom. The van der Waals surface area contributed by atoms with E-state index in [0.717, 1.165) is 25.8 Å². The van der Waals surface area contributed by atoms with Gasteiger partial charge >= 0.3 is 0 Å². The predicted molar refractivity (Wildman–Crippen MR) is 85.2 cm³/mol. The van der Waals surface area contributed by atoms with Crippen molar-refractivity contribution in [3.8, 4) is 5.75 Å². The second kappa shape index (κ2) is 5.04. The van der Waals surface area contributed by atoms with Crippen LogP contribution in [-0.4, -0.2) is 17.7 Å². The van der Waals surface area contributed by atoms with Crippen molar-refractivity contribution in [2.24, 2.45) is 0 Å². The quantitative estimate of drug-likeness (QED) is 0.778. The van der Waals surface area contributed by atoms with Crippen molar-refractivity contribution >= 4 is 11.6 Å². The summed E-state index contributed by atoms with van der Waals surface area (Å²) < 4.78 is 0. The van der Waals surface area contributed by atoms with Crippen molar-refractivity contribution in [3.05, 3.63) is 63.7 Å². The Hall–Kier alpha value is -1.51. The van der Waals surface area contributed by atoms with Gasteiger partial charge in [-0.05, 0) is 60.2 Å². The Morgan fingerprint density at radius 1 is 1.05 bits per heavy atom. The third kappa shape index (κ3) is 2.14. The highest BCUT2D eigenvalue weighted by Crippen LogP contribution is 2.42. The van der Waals surface area contributed by atoms with E-state index in [0.29, 0.717) is 17.0 Å². The normalized spacial score (nSPS) is 23.7. The number of aromatic hydroxyl groups is 1. The lowest BCUT2D eigenvalue weighted by molar-refractivity contribution is 0.428. The SMILES string of the molecule is Oc1cc2c(cc1Cl)CCC1NCCc3ccccc3C21. The van der Waals surface area contributed by atoms with Gasteiger partial charge < -0.3 is 10.4 Å². The van der Waals surface area contributed by atoms with E-state index in [4.69, 9.17) is 11.6 Å². The Bertz CT molecular complexity index is 698. The lowest BCUT2D eigenvalue weighted by Crippen LogP contribution is -2.38. The predicted octanol–water partition coefficient (Wildman–Crippen LogP) is 3.64. The first-order chi connectivity index (χ1) is 10.2. The molecule has 0 radical (unpaired) electrons. The molecule has 21 heavy (non-hydrogen) atoms. The molecule has 0 saturated carbocycles. The van der Waals surface area contributed by atoms with E-state index in [9.17, 15) is 5.11 Å². The number of halogens is 1. The minimum atomic E-state index is 0.192. The Kier molecular flexibility index (Phi) is 3.16. The van der Waals surface area contributed by atoms with E-state index >= 15 is 0 Å². The second-order valence-electron chi connectivity index (χ2n) is 6.03. The smallest absolute Gasteiger partial charge is 0.134 e. The van der Waals surface area contributed by atoms with Gasteiger partial charge in [0, 0.05) is 12.0 Å². The maximum atomic E-state index is 10.0. The molecular formula is C18H18ClNO. The van der Waals surface area contributed by atoms with Gasteiger partial charge in [-0.1, -0.05) is 35.9 Å². The molecule has 3 heteroatoms. The summed E-state index contributed by atoms with van der Waals surface area (Å²) in [5.74, 6) is 0.508. The summed E-state index contributed by atoms with van der Waals surface area (Å²) in [5, 5.41) is 14.2. The van der Waals surface area contributed by atoms with E-state index in [-0.39, 0.29) is 5.75 Å². The van der Waals surface area contributed by atoms with Gasteiger partial charge in [-0.15, -0.1) is 0 Å². The Labute approximate surface area is 129 Å². The average Bonchev–Trinajstić information content (AvgIpc) is 2.68. The summed E-state index contributed by atoms with van der Waals surface area (Å²) in [4.78, 5) is 0. The number of hydrogen-bond donors (Lipinski definition) is 2. The fourth-order valence-electron chi connectivity index (χ4n) is 3.88. The molecule has 1 heterocycles. The van der Waals surface area contributed by atoms with Gasteiger partial charge in [-0.3, -0.25) is 0 Å². The van der Waals surface area contributed by atoms with Crippen molar-refractivity contribution in [2.75, 3.05) is 6.54 Å². The number of phenolic OH excluding ortho intramolecular Hbond substituents is 1. The summed E-state index contributed by atoms with van der Waals surface area (Å²) in [6.45, 7) is 1.02. The van der Waals surface area contributed by atoms with Gasteiger partial charge in [-0.25, -0.2) is 0 Å². The maximum Gasteiger partial charge on any atom is 0.134 e. The molecule has 1 aliphatic heterocycles. The fourth-order valence-corrected chi connectivity index (χ4v) is 4.07. The van der Waals surface area contributed by atoms with Crippen LogP contribution in [0.2, 0.25) is 5.02 Å². The van der Waals surface area contributed by atoms with Crippen LogP contribution >= 0.6 is 11.6 Å². The number of fused-ring (bicyclic) bond motifs is 5. The van der Waals surface area contributed by atoms with Crippen LogP contribution in [-0.2, 0) is 12.8 Å². The lowest BCUT2D eigenvalue weighted by atomic mass is 9.75. The maximum absolute atomic E-state index is 10.0. The van der Waals surface area contributed by atoms with Crippen molar-refractivity contribution in [1.29, 1.82) is 0 Å². The number of benzene rings is 2. The molecule has 2 aromatic rings. The number of nitrogens with one attached hydrogen (secondary N) is 1. The molecule has 2 aliphatic rings. The van der Waals surface area contributed by atoms with E-state index in [1.807, 2.05) is 12.1 Å². The molecule has 0 spiro atoms. The number of phenols is 1. The highest BCUT2D eigenvalue weighted by Gasteiger charge is 2.34. The zero-order valence-electron chi connectivity index (χ0n) is 11.8. The molecule has 2 aromatic carbocycles. The number of rotatable bonds is 0. The van der Waals surface area contributed by atoms with Gasteiger partial charge in [0.15, 0.2) is 0 Å². The van der Waals surface area contributed by atoms with Crippen LogP contribution in [0.15, 0.2) is 36.4 Å². The molecule has 108 valence electrons. The minimum Gasteiger partial charge on any atom is -0.506 e. The van der Waals surface area contributed by atoms with E-state index < -0.39 is 0 Å². The van der Waals surface area contributed by atoms with E-state index in [2.05, 4.69) is 29.6 Å². The van der Waals surface area contributed by atoms with Crippen LogP contribution < -0.4 is 5.32 Å². The highest BCUT2D eigenvalue weighted by molar-refractivity contribution is 6.32. The zero-order chi connectivity index (χ0) is 14.4. The zero-order valence-corrected chi connectivity index (χ0v) is 12.5. The third-order valence-electron chi connectivity index (χ3n) is 4.86. The largest absolute Gasteiger partial charge is 0.506 e. The third-order valence-corrected chi connectivity index (χ3v) is 5.16. The summed E-state index contributed by atoms with van der Waals surface area (Å²) in [6.07, 6.45) is 3.21. The molecule has 0 amide bonds. The molecule has 0 aromatic heterocycles. The molecule has 2 unspecified atom stereocenters. The van der Waals surface area contributed by atoms with Gasteiger partial charge in [0.1, 0.15) is 5.75 Å². The summed E-state index contributed by atoms with van der Waals surface area (Å²) >= 11 is 6.09. The van der Waals surface area contributed by atoms with Crippen LogP contribution in [0.5, 0.6) is 5.75 Å². The lowest BCUT2D eigenvalue weighted by Gasteiger charge is -2.34. The summed E-state index contributed by atoms with van der Waals surface area (Å²) in [5.41, 5.74) is 5.32. The molecule has 2 atom stereocenters. The first-order valence-corrected chi connectivity index (χ1v) is 7.94. The molecule has 2 N–H and O–H groups in total. The number of aryl methyl sites for hydroxylation is 1. The molecule has 4 rings (SSSR count). The van der Waals surface area contributed by atoms with Crippen molar-refractivity contribution in [1.82, 2.24) is 5.32 Å². The molecule has 1 aliphatic carbocycles. The average molecular weight is 300 g/mol. The highest BCUT2D eigenvalue weighted by atomic mass is 35.5. The fraction of sp³-hybridized carbons (Fsp3) is 0.333. The minimum absolute atomic E-state index is 0.192. The molecular weight excluding hydrogens is 282 g/mol. The number of hydrogen-bond acceptors (Lipinski definition) is 2. The van der Waals surface area contributed by atoms with Gasteiger partial charge in [-0.2, -0.15) is 0 Å². The van der Waals surface area contributed by atoms with Gasteiger partial charge in [0.25, 0.3) is 0 Å². The monoisotopic (exact) mass is 299 g/mol.